The van der Waals surface area contributed by atoms with Crippen LogP contribution in [-0.4, -0.2) is 5.78 Å². The van der Waals surface area contributed by atoms with Crippen LogP contribution in [0.2, 0.25) is 0 Å². The van der Waals surface area contributed by atoms with Gasteiger partial charge in [-0.15, -0.1) is 0 Å². The zero-order valence-electron chi connectivity index (χ0n) is 7.55. The molecule has 0 amide bonds. The highest BCUT2D eigenvalue weighted by Gasteiger charge is 2.55. The quantitative estimate of drug-likeness (QED) is 0.520. The van der Waals surface area contributed by atoms with E-state index >= 15 is 0 Å². The van der Waals surface area contributed by atoms with Gasteiger partial charge in [0, 0.05) is 12.3 Å². The van der Waals surface area contributed by atoms with Gasteiger partial charge < -0.3 is 0 Å². The molecule has 1 nitrogen and oxygen atoms in total. The van der Waals surface area contributed by atoms with Gasteiger partial charge in [0.1, 0.15) is 5.78 Å². The van der Waals surface area contributed by atoms with Gasteiger partial charge in [-0.25, -0.2) is 0 Å². The second-order valence-corrected chi connectivity index (χ2v) is 4.82. The van der Waals surface area contributed by atoms with Crippen LogP contribution in [0.4, 0.5) is 0 Å². The van der Waals surface area contributed by atoms with E-state index in [-0.39, 0.29) is 0 Å². The predicted octanol–water partition coefficient (Wildman–Crippen LogP) is 2.26. The molecule has 0 spiro atoms. The van der Waals surface area contributed by atoms with Crippen molar-refractivity contribution in [2.24, 2.45) is 23.2 Å². The summed E-state index contributed by atoms with van der Waals surface area (Å²) in [6.45, 7) is 6.73. The Morgan fingerprint density at radius 1 is 1.45 bits per heavy atom. The van der Waals surface area contributed by atoms with Crippen molar-refractivity contribution in [3.05, 3.63) is 0 Å². The van der Waals surface area contributed by atoms with Crippen LogP contribution in [0, 0.1) is 23.2 Å². The number of carbonyl (C=O) groups is 1. The minimum absolute atomic E-state index is 0.343. The van der Waals surface area contributed by atoms with E-state index in [0.29, 0.717) is 29.0 Å². The molecule has 0 unspecified atom stereocenters. The third kappa shape index (κ3) is 0.743. The van der Waals surface area contributed by atoms with E-state index in [0.717, 1.165) is 6.42 Å². The highest BCUT2D eigenvalue weighted by molar-refractivity contribution is 5.83. The smallest absolute Gasteiger partial charge is 0.136 e. The summed E-state index contributed by atoms with van der Waals surface area (Å²) in [6, 6.07) is 0. The molecule has 0 N–H and O–H groups in total. The Labute approximate surface area is 68.2 Å². The lowest BCUT2D eigenvalue weighted by molar-refractivity contribution is -0.152. The lowest BCUT2D eigenvalue weighted by Crippen LogP contribution is -2.55. The van der Waals surface area contributed by atoms with Crippen molar-refractivity contribution in [2.75, 3.05) is 0 Å². The maximum Gasteiger partial charge on any atom is 0.136 e. The molecule has 0 aromatic rings. The van der Waals surface area contributed by atoms with Crippen LogP contribution < -0.4 is 0 Å². The van der Waals surface area contributed by atoms with Gasteiger partial charge in [-0.2, -0.15) is 0 Å². The highest BCUT2D eigenvalue weighted by Crippen LogP contribution is 2.59. The van der Waals surface area contributed by atoms with Gasteiger partial charge in [0.15, 0.2) is 0 Å². The summed E-state index contributed by atoms with van der Waals surface area (Å²) in [4.78, 5) is 11.3. The first kappa shape index (κ1) is 7.33. The van der Waals surface area contributed by atoms with Crippen molar-refractivity contribution < 1.29 is 4.79 Å². The predicted molar refractivity (Wildman–Crippen MR) is 44.2 cm³/mol. The molecule has 3 fully saturated rings. The molecule has 62 valence electrons. The summed E-state index contributed by atoms with van der Waals surface area (Å²) in [6.07, 6.45) is 2.16. The van der Waals surface area contributed by atoms with Gasteiger partial charge in [0.25, 0.3) is 0 Å². The average Bonchev–Trinajstić information content (AvgIpc) is 1.93. The van der Waals surface area contributed by atoms with E-state index in [1.165, 1.54) is 6.42 Å². The van der Waals surface area contributed by atoms with Gasteiger partial charge in [-0.1, -0.05) is 20.8 Å². The Hall–Kier alpha value is -0.330. The zero-order chi connectivity index (χ0) is 8.22. The largest absolute Gasteiger partial charge is 0.299 e. The lowest BCUT2D eigenvalue weighted by Gasteiger charge is -2.58. The van der Waals surface area contributed by atoms with E-state index in [1.54, 1.807) is 0 Å². The second kappa shape index (κ2) is 1.88. The van der Waals surface area contributed by atoms with Gasteiger partial charge in [-0.3, -0.25) is 4.79 Å². The normalized spacial score (nSPS) is 46.8. The minimum Gasteiger partial charge on any atom is -0.299 e. The van der Waals surface area contributed by atoms with Crippen LogP contribution >= 0.6 is 0 Å². The van der Waals surface area contributed by atoms with Crippen LogP contribution in [0.1, 0.15) is 33.6 Å². The molecule has 0 heterocycles. The molecule has 3 atom stereocenters. The Kier molecular flexibility index (Phi) is 1.25. The summed E-state index contributed by atoms with van der Waals surface area (Å²) in [5.74, 6) is 2.24. The van der Waals surface area contributed by atoms with Crippen LogP contribution in [0.25, 0.3) is 0 Å². The molecule has 0 aliphatic heterocycles. The van der Waals surface area contributed by atoms with Crippen LogP contribution in [0.15, 0.2) is 0 Å². The first-order valence-electron chi connectivity index (χ1n) is 4.56. The zero-order valence-corrected chi connectivity index (χ0v) is 7.55. The minimum atomic E-state index is 0.343. The van der Waals surface area contributed by atoms with E-state index in [2.05, 4.69) is 20.8 Å². The fourth-order valence-electron chi connectivity index (χ4n) is 2.90. The molecule has 11 heavy (non-hydrogen) atoms. The van der Waals surface area contributed by atoms with Crippen molar-refractivity contribution in [2.45, 2.75) is 33.6 Å². The van der Waals surface area contributed by atoms with Gasteiger partial charge in [0.2, 0.25) is 0 Å². The first-order valence-corrected chi connectivity index (χ1v) is 4.56. The third-order valence-corrected chi connectivity index (χ3v) is 4.11. The van der Waals surface area contributed by atoms with E-state index in [1.807, 2.05) is 0 Å². The molecule has 0 radical (unpaired) electrons. The lowest BCUT2D eigenvalue weighted by atomic mass is 9.45. The van der Waals surface area contributed by atoms with Crippen molar-refractivity contribution in [1.29, 1.82) is 0 Å². The molecule has 0 aromatic carbocycles. The number of rotatable bonds is 0. The number of fused-ring (bicyclic) bond motifs is 2. The van der Waals surface area contributed by atoms with Gasteiger partial charge in [0.05, 0.1) is 0 Å². The van der Waals surface area contributed by atoms with Crippen molar-refractivity contribution in [3.8, 4) is 0 Å². The highest BCUT2D eigenvalue weighted by atomic mass is 16.1. The molecule has 1 heteroatoms. The molecular formula is C10H16O. The van der Waals surface area contributed by atoms with E-state index in [4.69, 9.17) is 0 Å². The Balaban J connectivity index is 2.23. The van der Waals surface area contributed by atoms with Crippen molar-refractivity contribution in [3.63, 3.8) is 0 Å². The number of carbonyl (C=O) groups excluding carboxylic acids is 1. The molecule has 3 rings (SSSR count). The average molecular weight is 152 g/mol. The summed E-state index contributed by atoms with van der Waals surface area (Å²) >= 11 is 0. The third-order valence-electron chi connectivity index (χ3n) is 4.11. The Morgan fingerprint density at radius 3 is 2.45 bits per heavy atom. The Morgan fingerprint density at radius 2 is 2.09 bits per heavy atom. The molecule has 2 bridgehead atoms. The van der Waals surface area contributed by atoms with Crippen LogP contribution in [0.5, 0.6) is 0 Å². The number of hydrogen-bond donors (Lipinski definition) is 0. The topological polar surface area (TPSA) is 17.1 Å². The van der Waals surface area contributed by atoms with Crippen molar-refractivity contribution >= 4 is 5.78 Å². The van der Waals surface area contributed by atoms with E-state index in [9.17, 15) is 4.79 Å². The van der Waals surface area contributed by atoms with Crippen molar-refractivity contribution in [1.82, 2.24) is 0 Å². The monoisotopic (exact) mass is 152 g/mol. The summed E-state index contributed by atoms with van der Waals surface area (Å²) in [7, 11) is 0. The fraction of sp³-hybridized carbons (Fsp3) is 0.900. The summed E-state index contributed by atoms with van der Waals surface area (Å²) in [5, 5.41) is 0. The van der Waals surface area contributed by atoms with Gasteiger partial charge in [-0.05, 0) is 23.7 Å². The SMILES string of the molecule is C[C@@H]1C(=O)C[C@@H]2C[C@H]1C2(C)C. The summed E-state index contributed by atoms with van der Waals surface area (Å²) < 4.78 is 0. The Bertz CT molecular complexity index is 205. The molecule has 3 aliphatic carbocycles. The molecular weight excluding hydrogens is 136 g/mol. The maximum atomic E-state index is 11.3. The van der Waals surface area contributed by atoms with Crippen LogP contribution in [-0.2, 0) is 4.79 Å². The van der Waals surface area contributed by atoms with Gasteiger partial charge >= 0.3 is 0 Å². The molecule has 0 saturated heterocycles. The molecule has 3 aliphatic rings. The number of hydrogen-bond acceptors (Lipinski definition) is 1. The van der Waals surface area contributed by atoms with Crippen LogP contribution in [0.3, 0.4) is 0 Å². The first-order chi connectivity index (χ1) is 5.03. The maximum absolute atomic E-state index is 11.3. The second-order valence-electron chi connectivity index (χ2n) is 4.82. The molecule has 3 saturated carbocycles. The molecule has 0 aromatic heterocycles. The fourth-order valence-corrected chi connectivity index (χ4v) is 2.90. The number of Topliss-reactive ketones (excluding diaryl/α,β-unsaturated/α-hetero) is 1. The number of ketones is 1. The summed E-state index contributed by atoms with van der Waals surface area (Å²) in [5.41, 5.74) is 0.466. The van der Waals surface area contributed by atoms with E-state index < -0.39 is 0 Å². The standard InChI is InChI=1S/C10H16O/c1-6-8-4-7(5-9(6)11)10(8,2)3/h6-8H,4-5H2,1-3H3/t6-,7-,8+/m0/s1.